The Bertz CT molecular complexity index is 1520. The van der Waals surface area contributed by atoms with Gasteiger partial charge >= 0.3 is 0 Å². The van der Waals surface area contributed by atoms with Gasteiger partial charge in [-0.2, -0.15) is 0 Å². The lowest BCUT2D eigenvalue weighted by atomic mass is 10.1. The molecule has 2 heterocycles. The van der Waals surface area contributed by atoms with Gasteiger partial charge in [0.2, 0.25) is 0 Å². The first kappa shape index (κ1) is 25.2. The molecule has 1 amide bonds. The Morgan fingerprint density at radius 2 is 1.63 bits per heavy atom. The predicted octanol–water partition coefficient (Wildman–Crippen LogP) is 5.87. The third-order valence-electron chi connectivity index (χ3n) is 6.06. The van der Waals surface area contributed by atoms with Gasteiger partial charge in [-0.05, 0) is 54.4 Å². The van der Waals surface area contributed by atoms with Crippen LogP contribution in [0.1, 0.15) is 27.0 Å². The van der Waals surface area contributed by atoms with Gasteiger partial charge in [0.1, 0.15) is 5.75 Å². The molecule has 0 saturated carbocycles. The number of benzene rings is 3. The number of rotatable bonds is 9. The van der Waals surface area contributed by atoms with E-state index in [1.807, 2.05) is 65.2 Å². The van der Waals surface area contributed by atoms with Crippen LogP contribution in [-0.2, 0) is 12.3 Å². The number of methoxy groups -OCH3 is 1. The van der Waals surface area contributed by atoms with E-state index in [-0.39, 0.29) is 5.91 Å². The summed E-state index contributed by atoms with van der Waals surface area (Å²) in [6.07, 6.45) is 3.43. The first-order valence-electron chi connectivity index (χ1n) is 12.2. The monoisotopic (exact) mass is 521 g/mol. The van der Waals surface area contributed by atoms with Crippen molar-refractivity contribution < 1.29 is 9.53 Å². The maximum atomic E-state index is 12.6. The normalized spacial score (nSPS) is 10.8. The molecule has 0 bridgehead atoms. The number of nitrogens with one attached hydrogen (secondary N) is 1. The Labute approximate surface area is 225 Å². The Morgan fingerprint density at radius 1 is 0.895 bits per heavy atom. The van der Waals surface area contributed by atoms with Crippen LogP contribution in [0, 0.1) is 6.92 Å². The van der Waals surface area contributed by atoms with Crippen molar-refractivity contribution in [3.63, 3.8) is 0 Å². The van der Waals surface area contributed by atoms with Crippen LogP contribution in [-0.4, -0.2) is 32.8 Å². The molecule has 0 saturated heterocycles. The summed E-state index contributed by atoms with van der Waals surface area (Å²) in [5, 5.41) is 12.8. The van der Waals surface area contributed by atoms with Crippen LogP contribution in [0.5, 0.6) is 5.75 Å². The molecule has 2 aromatic heterocycles. The van der Waals surface area contributed by atoms with E-state index in [0.717, 1.165) is 39.1 Å². The lowest BCUT2D eigenvalue weighted by Crippen LogP contribution is -2.22. The molecule has 0 aliphatic carbocycles. The Morgan fingerprint density at radius 3 is 2.37 bits per heavy atom. The number of ether oxygens (including phenoxy) is 1. The summed E-state index contributed by atoms with van der Waals surface area (Å²) in [4.78, 5) is 16.6. The summed E-state index contributed by atoms with van der Waals surface area (Å²) >= 11 is 1.58. The van der Waals surface area contributed by atoms with Crippen LogP contribution in [0.3, 0.4) is 0 Å². The van der Waals surface area contributed by atoms with Crippen LogP contribution in [0.2, 0.25) is 0 Å². The number of hydrogen-bond donors (Lipinski definition) is 1. The van der Waals surface area contributed by atoms with Crippen LogP contribution in [0.25, 0.3) is 17.1 Å². The number of carbonyl (C=O) groups is 1. The Balaban J connectivity index is 1.34. The van der Waals surface area contributed by atoms with Crippen LogP contribution in [0.15, 0.2) is 102 Å². The SMILES string of the molecule is COc1ccccc1-n1c(SCc2ccc(C(=O)NCc3ccncc3)cc2)nnc1-c1ccc(C)cc1. The second-order valence-electron chi connectivity index (χ2n) is 8.70. The van der Waals surface area contributed by atoms with Crippen molar-refractivity contribution >= 4 is 17.7 Å². The maximum absolute atomic E-state index is 12.6. The molecule has 0 unspecified atom stereocenters. The molecule has 0 radical (unpaired) electrons. The molecule has 0 atom stereocenters. The molecule has 190 valence electrons. The third-order valence-corrected chi connectivity index (χ3v) is 7.06. The summed E-state index contributed by atoms with van der Waals surface area (Å²) in [5.74, 6) is 2.04. The molecule has 0 aliphatic rings. The number of carbonyl (C=O) groups excluding carboxylic acids is 1. The molecule has 0 aliphatic heterocycles. The van der Waals surface area contributed by atoms with Crippen molar-refractivity contribution in [2.45, 2.75) is 24.4 Å². The number of pyridine rings is 1. The number of aryl methyl sites for hydroxylation is 1. The molecule has 7 nitrogen and oxygen atoms in total. The van der Waals surface area contributed by atoms with Crippen molar-refractivity contribution in [2.75, 3.05) is 7.11 Å². The summed E-state index contributed by atoms with van der Waals surface area (Å²) in [7, 11) is 1.66. The zero-order valence-corrected chi connectivity index (χ0v) is 22.0. The smallest absolute Gasteiger partial charge is 0.251 e. The highest BCUT2D eigenvalue weighted by molar-refractivity contribution is 7.98. The Kier molecular flexibility index (Phi) is 7.80. The first-order valence-corrected chi connectivity index (χ1v) is 13.2. The number of nitrogens with zero attached hydrogens (tertiary/aromatic N) is 4. The number of para-hydroxylation sites is 2. The highest BCUT2D eigenvalue weighted by Crippen LogP contribution is 2.33. The molecule has 0 fully saturated rings. The van der Waals surface area contributed by atoms with E-state index in [9.17, 15) is 4.79 Å². The lowest BCUT2D eigenvalue weighted by molar-refractivity contribution is 0.0951. The van der Waals surface area contributed by atoms with E-state index >= 15 is 0 Å². The lowest BCUT2D eigenvalue weighted by Gasteiger charge is -2.14. The third kappa shape index (κ3) is 5.76. The minimum Gasteiger partial charge on any atom is -0.495 e. The molecule has 5 rings (SSSR count). The summed E-state index contributed by atoms with van der Waals surface area (Å²) in [6, 6.07) is 27.5. The van der Waals surface area contributed by atoms with Gasteiger partial charge in [-0.1, -0.05) is 65.9 Å². The minimum atomic E-state index is -0.111. The molecule has 38 heavy (non-hydrogen) atoms. The topological polar surface area (TPSA) is 81.9 Å². The standard InChI is InChI=1S/C30H27N5O2S/c1-21-7-11-24(12-8-21)28-33-34-30(35(28)26-5-3-4-6-27(26)37-2)38-20-23-9-13-25(14-10-23)29(36)32-19-22-15-17-31-18-16-22/h3-18H,19-20H2,1-2H3,(H,32,36). The maximum Gasteiger partial charge on any atom is 0.251 e. The van der Waals surface area contributed by atoms with Gasteiger partial charge in [-0.3, -0.25) is 14.3 Å². The van der Waals surface area contributed by atoms with Gasteiger partial charge in [0.15, 0.2) is 11.0 Å². The van der Waals surface area contributed by atoms with Crippen molar-refractivity contribution in [2.24, 2.45) is 0 Å². The van der Waals surface area contributed by atoms with E-state index in [0.29, 0.717) is 17.9 Å². The quantitative estimate of drug-likeness (QED) is 0.244. The molecule has 3 aromatic carbocycles. The second-order valence-corrected chi connectivity index (χ2v) is 9.65. The largest absolute Gasteiger partial charge is 0.495 e. The zero-order valence-electron chi connectivity index (χ0n) is 21.2. The molecule has 8 heteroatoms. The highest BCUT2D eigenvalue weighted by Gasteiger charge is 2.19. The number of aromatic nitrogens is 4. The van der Waals surface area contributed by atoms with Crippen molar-refractivity contribution in [3.8, 4) is 22.8 Å². The van der Waals surface area contributed by atoms with Crippen LogP contribution >= 0.6 is 11.8 Å². The molecule has 0 spiro atoms. The highest BCUT2D eigenvalue weighted by atomic mass is 32.2. The average molecular weight is 522 g/mol. The van der Waals surface area contributed by atoms with Gasteiger partial charge in [0, 0.05) is 35.8 Å². The van der Waals surface area contributed by atoms with Crippen LogP contribution in [0.4, 0.5) is 0 Å². The summed E-state index contributed by atoms with van der Waals surface area (Å²) in [6.45, 7) is 2.52. The Hall–Kier alpha value is -4.43. The van der Waals surface area contributed by atoms with E-state index in [4.69, 9.17) is 4.74 Å². The fourth-order valence-electron chi connectivity index (χ4n) is 3.97. The van der Waals surface area contributed by atoms with Gasteiger partial charge in [0.05, 0.1) is 12.8 Å². The molecule has 5 aromatic rings. The predicted molar refractivity (Wildman–Crippen MR) is 149 cm³/mol. The fourth-order valence-corrected chi connectivity index (χ4v) is 4.87. The van der Waals surface area contributed by atoms with Crippen LogP contribution < -0.4 is 10.1 Å². The van der Waals surface area contributed by atoms with E-state index < -0.39 is 0 Å². The summed E-state index contributed by atoms with van der Waals surface area (Å²) in [5.41, 5.74) is 5.73. The van der Waals surface area contributed by atoms with Gasteiger partial charge in [0.25, 0.3) is 5.91 Å². The van der Waals surface area contributed by atoms with E-state index in [1.165, 1.54) is 5.56 Å². The number of amides is 1. The number of hydrogen-bond acceptors (Lipinski definition) is 6. The van der Waals surface area contributed by atoms with Gasteiger partial charge < -0.3 is 10.1 Å². The first-order chi connectivity index (χ1) is 18.6. The van der Waals surface area contributed by atoms with E-state index in [1.54, 1.807) is 31.3 Å². The second kappa shape index (κ2) is 11.7. The van der Waals surface area contributed by atoms with Gasteiger partial charge in [-0.15, -0.1) is 10.2 Å². The van der Waals surface area contributed by atoms with Crippen molar-refractivity contribution in [1.82, 2.24) is 25.1 Å². The van der Waals surface area contributed by atoms with E-state index in [2.05, 4.69) is 51.7 Å². The molecular weight excluding hydrogens is 494 g/mol. The average Bonchev–Trinajstić information content (AvgIpc) is 3.39. The molecule has 1 N–H and O–H groups in total. The van der Waals surface area contributed by atoms with Gasteiger partial charge in [-0.25, -0.2) is 0 Å². The minimum absolute atomic E-state index is 0.111. The fraction of sp³-hybridized carbons (Fsp3) is 0.133. The number of thioether (sulfide) groups is 1. The zero-order chi connectivity index (χ0) is 26.3. The van der Waals surface area contributed by atoms with Crippen molar-refractivity contribution in [3.05, 3.63) is 120 Å². The summed E-state index contributed by atoms with van der Waals surface area (Å²) < 4.78 is 7.69. The molecular formula is C30H27N5O2S. The van der Waals surface area contributed by atoms with Crippen molar-refractivity contribution in [1.29, 1.82) is 0 Å².